The van der Waals surface area contributed by atoms with Crippen LogP contribution in [0, 0.1) is 0 Å². The standard InChI is InChI=1S/C8H13N5O3S2/c1-5(14)10-7-11-12-8(17-7)18(15,16)13-6-2-3-9-4-6/h6,9,13H,2-4H2,1H3,(H,10,11,14). The minimum absolute atomic E-state index is 0.122. The van der Waals surface area contributed by atoms with Crippen molar-refractivity contribution in [2.45, 2.75) is 23.7 Å². The van der Waals surface area contributed by atoms with E-state index >= 15 is 0 Å². The Bertz CT molecular complexity index is 535. The van der Waals surface area contributed by atoms with E-state index in [-0.39, 0.29) is 21.4 Å². The van der Waals surface area contributed by atoms with Crippen LogP contribution in [0.3, 0.4) is 0 Å². The van der Waals surface area contributed by atoms with E-state index in [1.807, 2.05) is 0 Å². The Kier molecular flexibility index (Phi) is 3.90. The van der Waals surface area contributed by atoms with Gasteiger partial charge in [0.05, 0.1) is 0 Å². The molecule has 0 aromatic carbocycles. The van der Waals surface area contributed by atoms with Crippen molar-refractivity contribution < 1.29 is 13.2 Å². The molecule has 0 radical (unpaired) electrons. The van der Waals surface area contributed by atoms with Gasteiger partial charge in [0.1, 0.15) is 0 Å². The van der Waals surface area contributed by atoms with Crippen molar-refractivity contribution in [1.82, 2.24) is 20.2 Å². The first-order valence-corrected chi connectivity index (χ1v) is 7.61. The first-order chi connectivity index (χ1) is 8.47. The third-order valence-corrected chi connectivity index (χ3v) is 5.03. The number of sulfonamides is 1. The van der Waals surface area contributed by atoms with Crippen molar-refractivity contribution in [3.8, 4) is 0 Å². The van der Waals surface area contributed by atoms with E-state index < -0.39 is 10.0 Å². The smallest absolute Gasteiger partial charge is 0.270 e. The molecule has 1 saturated heterocycles. The third-order valence-electron chi connectivity index (χ3n) is 2.30. The highest BCUT2D eigenvalue weighted by molar-refractivity contribution is 7.91. The molecular weight excluding hydrogens is 278 g/mol. The van der Waals surface area contributed by atoms with E-state index in [1.54, 1.807) is 0 Å². The van der Waals surface area contributed by atoms with Crippen molar-refractivity contribution in [3.05, 3.63) is 0 Å². The second-order valence-corrected chi connectivity index (χ2v) is 6.73. The molecule has 18 heavy (non-hydrogen) atoms. The molecular formula is C8H13N5O3S2. The van der Waals surface area contributed by atoms with Gasteiger partial charge in [-0.3, -0.25) is 4.79 Å². The molecule has 1 amide bonds. The SMILES string of the molecule is CC(=O)Nc1nnc(S(=O)(=O)NC2CCNC2)s1. The molecule has 0 aliphatic carbocycles. The van der Waals surface area contributed by atoms with Crippen LogP contribution >= 0.6 is 11.3 Å². The highest BCUT2D eigenvalue weighted by Gasteiger charge is 2.26. The first-order valence-electron chi connectivity index (χ1n) is 5.31. The van der Waals surface area contributed by atoms with E-state index in [0.29, 0.717) is 6.54 Å². The Morgan fingerprint density at radius 2 is 2.28 bits per heavy atom. The topological polar surface area (TPSA) is 113 Å². The molecule has 2 rings (SSSR count). The molecule has 1 unspecified atom stereocenters. The summed E-state index contributed by atoms with van der Waals surface area (Å²) in [7, 11) is -3.66. The monoisotopic (exact) mass is 291 g/mol. The van der Waals surface area contributed by atoms with Crippen molar-refractivity contribution in [3.63, 3.8) is 0 Å². The molecule has 2 heterocycles. The van der Waals surface area contributed by atoms with E-state index in [1.165, 1.54) is 6.92 Å². The van der Waals surface area contributed by atoms with Gasteiger partial charge < -0.3 is 10.6 Å². The molecule has 1 atom stereocenters. The Labute approximate surface area is 108 Å². The summed E-state index contributed by atoms with van der Waals surface area (Å²) in [6.45, 7) is 2.72. The zero-order valence-electron chi connectivity index (χ0n) is 9.63. The van der Waals surface area contributed by atoms with Gasteiger partial charge in [-0.15, -0.1) is 10.2 Å². The lowest BCUT2D eigenvalue weighted by atomic mass is 10.3. The Hall–Kier alpha value is -1.10. The summed E-state index contributed by atoms with van der Waals surface area (Å²) in [5, 5.41) is 12.8. The summed E-state index contributed by atoms with van der Waals surface area (Å²) in [5.41, 5.74) is 0. The predicted molar refractivity (Wildman–Crippen MR) is 65.8 cm³/mol. The predicted octanol–water partition coefficient (Wildman–Crippen LogP) is -0.863. The maximum Gasteiger partial charge on any atom is 0.270 e. The minimum atomic E-state index is -3.66. The average molecular weight is 291 g/mol. The zero-order valence-corrected chi connectivity index (χ0v) is 11.3. The van der Waals surface area contributed by atoms with Gasteiger partial charge in [0.15, 0.2) is 0 Å². The number of carbonyl (C=O) groups excluding carboxylic acids is 1. The van der Waals surface area contributed by atoms with Gasteiger partial charge in [-0.05, 0) is 13.0 Å². The van der Waals surface area contributed by atoms with Crippen molar-refractivity contribution in [2.75, 3.05) is 18.4 Å². The fraction of sp³-hybridized carbons (Fsp3) is 0.625. The van der Waals surface area contributed by atoms with Crippen LogP contribution in [0.4, 0.5) is 5.13 Å². The van der Waals surface area contributed by atoms with Gasteiger partial charge in [0.2, 0.25) is 15.4 Å². The number of hydrogen-bond acceptors (Lipinski definition) is 7. The molecule has 0 bridgehead atoms. The van der Waals surface area contributed by atoms with Crippen LogP contribution in [0.5, 0.6) is 0 Å². The van der Waals surface area contributed by atoms with E-state index in [0.717, 1.165) is 24.3 Å². The molecule has 1 aromatic heterocycles. The fourth-order valence-electron chi connectivity index (χ4n) is 1.54. The van der Waals surface area contributed by atoms with Crippen molar-refractivity contribution in [1.29, 1.82) is 0 Å². The molecule has 8 nitrogen and oxygen atoms in total. The average Bonchev–Trinajstić information content (AvgIpc) is 2.87. The van der Waals surface area contributed by atoms with Crippen LogP contribution < -0.4 is 15.4 Å². The number of rotatable bonds is 4. The molecule has 3 N–H and O–H groups in total. The Morgan fingerprint density at radius 1 is 1.50 bits per heavy atom. The largest absolute Gasteiger partial charge is 0.315 e. The van der Waals surface area contributed by atoms with Gasteiger partial charge >= 0.3 is 0 Å². The molecule has 0 saturated carbocycles. The highest BCUT2D eigenvalue weighted by atomic mass is 32.2. The van der Waals surface area contributed by atoms with Crippen LogP contribution in [0.25, 0.3) is 0 Å². The molecule has 10 heteroatoms. The summed E-state index contributed by atoms with van der Waals surface area (Å²) in [6, 6.07) is -0.122. The maximum atomic E-state index is 11.9. The van der Waals surface area contributed by atoms with E-state index in [2.05, 4.69) is 25.6 Å². The van der Waals surface area contributed by atoms with Crippen molar-refractivity contribution in [2.24, 2.45) is 0 Å². The second-order valence-electron chi connectivity index (χ2n) is 3.87. The van der Waals surface area contributed by atoms with Gasteiger partial charge in [-0.2, -0.15) is 0 Å². The number of amides is 1. The maximum absolute atomic E-state index is 11.9. The van der Waals surface area contributed by atoms with Crippen LogP contribution in [0.1, 0.15) is 13.3 Å². The zero-order chi connectivity index (χ0) is 13.2. The molecule has 1 aromatic rings. The number of carbonyl (C=O) groups is 1. The highest BCUT2D eigenvalue weighted by Crippen LogP contribution is 2.20. The van der Waals surface area contributed by atoms with Gasteiger partial charge in [-0.1, -0.05) is 11.3 Å². The van der Waals surface area contributed by atoms with Gasteiger partial charge in [0, 0.05) is 19.5 Å². The first kappa shape index (κ1) is 13.3. The number of anilines is 1. The molecule has 1 aliphatic rings. The van der Waals surface area contributed by atoms with Crippen molar-refractivity contribution >= 4 is 32.4 Å². The second kappa shape index (κ2) is 5.26. The van der Waals surface area contributed by atoms with E-state index in [9.17, 15) is 13.2 Å². The minimum Gasteiger partial charge on any atom is -0.315 e. The number of nitrogens with zero attached hydrogens (tertiary/aromatic N) is 2. The Morgan fingerprint density at radius 3 is 2.89 bits per heavy atom. The third kappa shape index (κ3) is 3.22. The van der Waals surface area contributed by atoms with Gasteiger partial charge in [-0.25, -0.2) is 13.1 Å². The lowest BCUT2D eigenvalue weighted by Crippen LogP contribution is -2.36. The lowest BCUT2D eigenvalue weighted by molar-refractivity contribution is -0.114. The molecule has 1 fully saturated rings. The van der Waals surface area contributed by atoms with E-state index in [4.69, 9.17) is 0 Å². The molecule has 100 valence electrons. The molecule has 0 spiro atoms. The van der Waals surface area contributed by atoms with Gasteiger partial charge in [0.25, 0.3) is 10.0 Å². The summed E-state index contributed by atoms with van der Waals surface area (Å²) in [6.07, 6.45) is 0.747. The van der Waals surface area contributed by atoms with Crippen LogP contribution in [0.2, 0.25) is 0 Å². The fourth-order valence-corrected chi connectivity index (χ4v) is 3.78. The lowest BCUT2D eigenvalue weighted by Gasteiger charge is -2.08. The van der Waals surface area contributed by atoms with Crippen LogP contribution in [-0.4, -0.2) is 43.7 Å². The normalized spacial score (nSPS) is 19.9. The number of hydrogen-bond donors (Lipinski definition) is 3. The quantitative estimate of drug-likeness (QED) is 0.622. The summed E-state index contributed by atoms with van der Waals surface area (Å²) in [4.78, 5) is 10.8. The molecule has 1 aliphatic heterocycles. The van der Waals surface area contributed by atoms with Crippen LogP contribution in [0.15, 0.2) is 4.34 Å². The summed E-state index contributed by atoms with van der Waals surface area (Å²) >= 11 is 0.826. The summed E-state index contributed by atoms with van der Waals surface area (Å²) in [5.74, 6) is -0.317. The Balaban J connectivity index is 2.09. The summed E-state index contributed by atoms with van der Waals surface area (Å²) < 4.78 is 26.3. The number of nitrogens with one attached hydrogen (secondary N) is 3. The number of aromatic nitrogens is 2. The van der Waals surface area contributed by atoms with Crippen LogP contribution in [-0.2, 0) is 14.8 Å².